The molecule has 3 aliphatic rings. The number of amides is 1. The minimum Gasteiger partial charge on any atom is -0.489 e. The Kier molecular flexibility index (Phi) is 11.6. The van der Waals surface area contributed by atoms with Gasteiger partial charge >= 0.3 is 0 Å². The number of piperazine rings is 1. The van der Waals surface area contributed by atoms with Gasteiger partial charge in [-0.05, 0) is 43.4 Å². The van der Waals surface area contributed by atoms with Crippen LogP contribution >= 0.6 is 0 Å². The summed E-state index contributed by atoms with van der Waals surface area (Å²) in [5.74, 6) is 1.66. The predicted molar refractivity (Wildman–Crippen MR) is 167 cm³/mol. The van der Waals surface area contributed by atoms with E-state index < -0.39 is 0 Å². The quantitative estimate of drug-likeness (QED) is 0.290. The van der Waals surface area contributed by atoms with Gasteiger partial charge in [-0.2, -0.15) is 0 Å². The molecular weight excluding hydrogens is 510 g/mol. The maximum Gasteiger partial charge on any atom is 0.227 e. The van der Waals surface area contributed by atoms with Crippen molar-refractivity contribution in [3.05, 3.63) is 89.5 Å². The van der Waals surface area contributed by atoms with Crippen molar-refractivity contribution in [3.63, 3.8) is 0 Å². The SMILES string of the molecule is C=C/C=C(CC(=O)N1CCc2cnc(N3CCN(C4CCC4)CC3)nc2CC1)\C(=C/C)OCc1ccccc1.CC. The van der Waals surface area contributed by atoms with Gasteiger partial charge < -0.3 is 14.5 Å². The van der Waals surface area contributed by atoms with Crippen LogP contribution in [0.25, 0.3) is 0 Å². The normalized spacial score (nSPS) is 18.4. The molecule has 0 bridgehead atoms. The molecule has 1 amide bonds. The summed E-state index contributed by atoms with van der Waals surface area (Å²) in [6.07, 6.45) is 13.4. The maximum absolute atomic E-state index is 13.4. The summed E-state index contributed by atoms with van der Waals surface area (Å²) in [4.78, 5) is 30.1. The molecular formula is C34H47N5O2. The molecule has 7 nitrogen and oxygen atoms in total. The molecule has 3 heterocycles. The number of nitrogens with zero attached hydrogens (tertiary/aromatic N) is 5. The first-order valence-corrected chi connectivity index (χ1v) is 15.4. The van der Waals surface area contributed by atoms with Crippen molar-refractivity contribution in [1.29, 1.82) is 0 Å². The van der Waals surface area contributed by atoms with E-state index in [0.29, 0.717) is 19.7 Å². The van der Waals surface area contributed by atoms with E-state index in [9.17, 15) is 4.79 Å². The summed E-state index contributed by atoms with van der Waals surface area (Å²) in [6.45, 7) is 15.7. The molecule has 0 spiro atoms. The van der Waals surface area contributed by atoms with E-state index in [1.807, 2.05) is 74.4 Å². The first-order valence-electron chi connectivity index (χ1n) is 15.4. The average Bonchev–Trinajstić information content (AvgIpc) is 3.21. The fourth-order valence-electron chi connectivity index (χ4n) is 5.65. The number of ether oxygens (including phenoxy) is 1. The molecule has 0 unspecified atom stereocenters. The van der Waals surface area contributed by atoms with Gasteiger partial charge in [0, 0.05) is 63.5 Å². The van der Waals surface area contributed by atoms with Crippen molar-refractivity contribution in [2.75, 3.05) is 44.2 Å². The number of aromatic nitrogens is 2. The molecule has 7 heteroatoms. The van der Waals surface area contributed by atoms with Crippen LogP contribution in [-0.2, 0) is 29.0 Å². The van der Waals surface area contributed by atoms with E-state index >= 15 is 0 Å². The third-order valence-corrected chi connectivity index (χ3v) is 8.23. The lowest BCUT2D eigenvalue weighted by atomic mass is 9.91. The fourth-order valence-corrected chi connectivity index (χ4v) is 5.65. The van der Waals surface area contributed by atoms with Crippen LogP contribution in [0.5, 0.6) is 0 Å². The fraction of sp³-hybridized carbons (Fsp3) is 0.500. The van der Waals surface area contributed by atoms with Gasteiger partial charge in [0.15, 0.2) is 0 Å². The molecule has 1 aromatic heterocycles. The standard InChI is InChI=1S/C32H41N5O2.C2H6/c1-3-9-26(30(4-2)39-24-25-10-6-5-7-11-25)22-31(38)36-16-14-27-23-33-32(34-29(27)15-17-36)37-20-18-35(19-21-37)28-12-8-13-28;1-2/h3-7,9-11,23,28H,1,8,12-22,24H2,2H3;1-2H3/b26-9-,30-4+;. The van der Waals surface area contributed by atoms with Crippen molar-refractivity contribution in [2.24, 2.45) is 0 Å². The van der Waals surface area contributed by atoms with Gasteiger partial charge in [0.25, 0.3) is 0 Å². The second-order valence-electron chi connectivity index (χ2n) is 10.7. The van der Waals surface area contributed by atoms with Crippen LogP contribution in [0.3, 0.4) is 0 Å². The van der Waals surface area contributed by atoms with Crippen molar-refractivity contribution in [2.45, 2.75) is 71.9 Å². The summed E-state index contributed by atoms with van der Waals surface area (Å²) in [5.41, 5.74) is 4.17. The minimum atomic E-state index is 0.0962. The molecule has 1 saturated heterocycles. The van der Waals surface area contributed by atoms with E-state index in [0.717, 1.165) is 79.2 Å². The van der Waals surface area contributed by atoms with Gasteiger partial charge in [0.2, 0.25) is 11.9 Å². The molecule has 5 rings (SSSR count). The Bertz CT molecular complexity index is 1200. The van der Waals surface area contributed by atoms with Crippen molar-refractivity contribution in [3.8, 4) is 0 Å². The Hall–Kier alpha value is -3.45. The van der Waals surface area contributed by atoms with Gasteiger partial charge in [0.05, 0.1) is 12.1 Å². The number of allylic oxidation sites excluding steroid dienone is 4. The van der Waals surface area contributed by atoms with E-state index in [1.165, 1.54) is 19.3 Å². The van der Waals surface area contributed by atoms with Crippen LogP contribution < -0.4 is 4.90 Å². The highest BCUT2D eigenvalue weighted by atomic mass is 16.5. The zero-order valence-corrected chi connectivity index (χ0v) is 25.2. The highest BCUT2D eigenvalue weighted by Crippen LogP contribution is 2.27. The molecule has 0 N–H and O–H groups in total. The summed E-state index contributed by atoms with van der Waals surface area (Å²) < 4.78 is 6.10. The Balaban J connectivity index is 0.00000189. The number of carbonyl (C=O) groups excluding carboxylic acids is 1. The molecule has 2 fully saturated rings. The van der Waals surface area contributed by atoms with E-state index in [-0.39, 0.29) is 12.3 Å². The second-order valence-corrected chi connectivity index (χ2v) is 10.7. The summed E-state index contributed by atoms with van der Waals surface area (Å²) in [5, 5.41) is 0. The molecule has 41 heavy (non-hydrogen) atoms. The molecule has 2 aliphatic heterocycles. The predicted octanol–water partition coefficient (Wildman–Crippen LogP) is 5.73. The third-order valence-electron chi connectivity index (χ3n) is 8.23. The monoisotopic (exact) mass is 557 g/mol. The summed E-state index contributed by atoms with van der Waals surface area (Å²) in [7, 11) is 0. The third kappa shape index (κ3) is 8.07. The Morgan fingerprint density at radius 3 is 2.44 bits per heavy atom. The van der Waals surface area contributed by atoms with E-state index in [1.54, 1.807) is 6.08 Å². The topological polar surface area (TPSA) is 61.8 Å². The number of carbonyl (C=O) groups is 1. The van der Waals surface area contributed by atoms with Crippen LogP contribution in [0.2, 0.25) is 0 Å². The molecule has 220 valence electrons. The maximum atomic E-state index is 13.4. The van der Waals surface area contributed by atoms with Gasteiger partial charge in [0.1, 0.15) is 12.4 Å². The smallest absolute Gasteiger partial charge is 0.227 e. The lowest BCUT2D eigenvalue weighted by molar-refractivity contribution is -0.130. The zero-order valence-electron chi connectivity index (χ0n) is 25.2. The first kappa shape index (κ1) is 30.5. The highest BCUT2D eigenvalue weighted by Gasteiger charge is 2.29. The van der Waals surface area contributed by atoms with Gasteiger partial charge in [-0.15, -0.1) is 0 Å². The lowest BCUT2D eigenvalue weighted by Crippen LogP contribution is -2.52. The van der Waals surface area contributed by atoms with Gasteiger partial charge in [-0.3, -0.25) is 9.69 Å². The lowest BCUT2D eigenvalue weighted by Gasteiger charge is -2.43. The number of benzene rings is 1. The average molecular weight is 558 g/mol. The van der Waals surface area contributed by atoms with Crippen molar-refractivity contribution in [1.82, 2.24) is 19.8 Å². The molecule has 1 saturated carbocycles. The number of fused-ring (bicyclic) bond motifs is 1. The largest absolute Gasteiger partial charge is 0.489 e. The number of hydrogen-bond donors (Lipinski definition) is 0. The van der Waals surface area contributed by atoms with Crippen LogP contribution in [0.4, 0.5) is 5.95 Å². The molecule has 1 aromatic carbocycles. The molecule has 0 atom stereocenters. The van der Waals surface area contributed by atoms with Crippen LogP contribution in [0.1, 0.15) is 63.3 Å². The van der Waals surface area contributed by atoms with Crippen LogP contribution in [0, 0.1) is 0 Å². The summed E-state index contributed by atoms with van der Waals surface area (Å²) >= 11 is 0. The Morgan fingerprint density at radius 2 is 1.78 bits per heavy atom. The zero-order chi connectivity index (χ0) is 29.0. The number of rotatable bonds is 9. The Labute approximate surface area is 246 Å². The van der Waals surface area contributed by atoms with E-state index in [2.05, 4.69) is 16.4 Å². The first-order chi connectivity index (χ1) is 20.1. The van der Waals surface area contributed by atoms with Crippen molar-refractivity contribution < 1.29 is 9.53 Å². The molecule has 0 radical (unpaired) electrons. The minimum absolute atomic E-state index is 0.0962. The molecule has 2 aromatic rings. The summed E-state index contributed by atoms with van der Waals surface area (Å²) in [6, 6.07) is 10.9. The van der Waals surface area contributed by atoms with Gasteiger partial charge in [-0.1, -0.05) is 69.3 Å². The number of anilines is 1. The Morgan fingerprint density at radius 1 is 1.05 bits per heavy atom. The number of hydrogen-bond acceptors (Lipinski definition) is 6. The van der Waals surface area contributed by atoms with Crippen LogP contribution in [0.15, 0.2) is 72.7 Å². The van der Waals surface area contributed by atoms with E-state index in [4.69, 9.17) is 14.7 Å². The van der Waals surface area contributed by atoms with Crippen LogP contribution in [-0.4, -0.2) is 71.0 Å². The second kappa shape index (κ2) is 15.5. The van der Waals surface area contributed by atoms with Gasteiger partial charge in [-0.25, -0.2) is 9.97 Å². The molecule has 1 aliphatic carbocycles. The van der Waals surface area contributed by atoms with Crippen molar-refractivity contribution >= 4 is 11.9 Å². The highest BCUT2D eigenvalue weighted by molar-refractivity contribution is 5.80.